The highest BCUT2D eigenvalue weighted by molar-refractivity contribution is 6.04. The third kappa shape index (κ3) is 2.50. The zero-order valence-corrected chi connectivity index (χ0v) is 12.3. The van der Waals surface area contributed by atoms with E-state index in [2.05, 4.69) is 15.3 Å². The average Bonchev–Trinajstić information content (AvgIpc) is 3.22. The average molecular weight is 310 g/mol. The first-order valence-corrected chi connectivity index (χ1v) is 7.45. The molecule has 2 aromatic heterocycles. The quantitative estimate of drug-likeness (QED) is 0.736. The van der Waals surface area contributed by atoms with Gasteiger partial charge in [-0.15, -0.1) is 0 Å². The number of hydrogen-bond donors (Lipinski definition) is 0. The molecule has 0 unspecified atom stereocenters. The van der Waals surface area contributed by atoms with Gasteiger partial charge in [-0.1, -0.05) is 35.5 Å². The number of benzene rings is 1. The van der Waals surface area contributed by atoms with Gasteiger partial charge in [0.25, 0.3) is 11.9 Å². The van der Waals surface area contributed by atoms with Gasteiger partial charge >= 0.3 is 0 Å². The van der Waals surface area contributed by atoms with Crippen LogP contribution in [0.15, 0.2) is 51.8 Å². The van der Waals surface area contributed by atoms with E-state index in [1.54, 1.807) is 11.0 Å². The Labute approximate surface area is 131 Å². The molecule has 4 rings (SSSR count). The van der Waals surface area contributed by atoms with Gasteiger partial charge < -0.3 is 9.05 Å². The second-order valence-corrected chi connectivity index (χ2v) is 5.43. The third-order valence-corrected chi connectivity index (χ3v) is 4.01. The van der Waals surface area contributed by atoms with Gasteiger partial charge in [-0.25, -0.2) is 0 Å². The number of rotatable bonds is 4. The Kier molecular flexibility index (Phi) is 3.38. The summed E-state index contributed by atoms with van der Waals surface area (Å²) in [5.74, 6) is 0.543. The molecule has 0 aliphatic heterocycles. The number of carbonyl (C=O) groups is 1. The molecule has 0 saturated heterocycles. The van der Waals surface area contributed by atoms with E-state index in [0.717, 1.165) is 24.8 Å². The van der Waals surface area contributed by atoms with Gasteiger partial charge in [0.05, 0.1) is 0 Å². The molecule has 1 fully saturated rings. The first-order valence-electron chi connectivity index (χ1n) is 7.45. The first-order chi connectivity index (χ1) is 11.3. The van der Waals surface area contributed by atoms with Gasteiger partial charge in [-0.2, -0.15) is 4.98 Å². The second kappa shape index (κ2) is 5.68. The van der Waals surface area contributed by atoms with Crippen molar-refractivity contribution >= 4 is 11.9 Å². The standard InChI is InChI=1S/C16H14N4O3/c21-15(20(12-7-4-8-12)16-17-10-22-19-16)13-9-14(23-18-13)11-5-2-1-3-6-11/h1-3,5-6,9-10,12H,4,7-8H2. The lowest BCUT2D eigenvalue weighted by Crippen LogP contribution is -2.45. The van der Waals surface area contributed by atoms with E-state index >= 15 is 0 Å². The van der Waals surface area contributed by atoms with Crippen LogP contribution in [-0.2, 0) is 0 Å². The van der Waals surface area contributed by atoms with Gasteiger partial charge in [0, 0.05) is 17.7 Å². The fourth-order valence-electron chi connectivity index (χ4n) is 2.57. The lowest BCUT2D eigenvalue weighted by molar-refractivity contribution is 0.0952. The van der Waals surface area contributed by atoms with E-state index in [-0.39, 0.29) is 23.6 Å². The van der Waals surface area contributed by atoms with Crippen LogP contribution >= 0.6 is 0 Å². The summed E-state index contributed by atoms with van der Waals surface area (Å²) >= 11 is 0. The predicted molar refractivity (Wildman–Crippen MR) is 80.7 cm³/mol. The molecule has 7 nitrogen and oxygen atoms in total. The Morgan fingerprint density at radius 3 is 2.65 bits per heavy atom. The molecule has 0 N–H and O–H groups in total. The molecule has 23 heavy (non-hydrogen) atoms. The largest absolute Gasteiger partial charge is 0.355 e. The van der Waals surface area contributed by atoms with Crippen LogP contribution < -0.4 is 4.90 Å². The Morgan fingerprint density at radius 2 is 2.00 bits per heavy atom. The summed E-state index contributed by atoms with van der Waals surface area (Å²) in [7, 11) is 0. The van der Waals surface area contributed by atoms with E-state index in [9.17, 15) is 4.79 Å². The van der Waals surface area contributed by atoms with Crippen molar-refractivity contribution in [2.24, 2.45) is 0 Å². The number of anilines is 1. The molecule has 0 bridgehead atoms. The minimum Gasteiger partial charge on any atom is -0.355 e. The molecule has 1 saturated carbocycles. The van der Waals surface area contributed by atoms with Crippen molar-refractivity contribution in [3.63, 3.8) is 0 Å². The van der Waals surface area contributed by atoms with Crippen LogP contribution in [0.1, 0.15) is 29.8 Å². The van der Waals surface area contributed by atoms with E-state index in [1.165, 1.54) is 6.39 Å². The highest BCUT2D eigenvalue weighted by Crippen LogP contribution is 2.29. The lowest BCUT2D eigenvalue weighted by Gasteiger charge is -2.34. The summed E-state index contributed by atoms with van der Waals surface area (Å²) in [4.78, 5) is 18.3. The lowest BCUT2D eigenvalue weighted by atomic mass is 9.91. The van der Waals surface area contributed by atoms with Crippen LogP contribution in [0.3, 0.4) is 0 Å². The monoisotopic (exact) mass is 310 g/mol. The molecule has 1 aromatic carbocycles. The fraction of sp³-hybridized carbons (Fsp3) is 0.250. The Bertz CT molecular complexity index is 794. The Hall–Kier alpha value is -2.96. The molecule has 1 aliphatic rings. The van der Waals surface area contributed by atoms with Gasteiger partial charge in [-0.05, 0) is 24.4 Å². The molecular formula is C16H14N4O3. The van der Waals surface area contributed by atoms with Crippen LogP contribution in [0.25, 0.3) is 11.3 Å². The molecule has 1 amide bonds. The second-order valence-electron chi connectivity index (χ2n) is 5.43. The highest BCUT2D eigenvalue weighted by Gasteiger charge is 2.34. The van der Waals surface area contributed by atoms with Crippen molar-refractivity contribution < 1.29 is 13.8 Å². The van der Waals surface area contributed by atoms with Crippen molar-refractivity contribution in [2.45, 2.75) is 25.3 Å². The molecule has 0 spiro atoms. The number of carbonyl (C=O) groups excluding carboxylic acids is 1. The Morgan fingerprint density at radius 1 is 1.17 bits per heavy atom. The topological polar surface area (TPSA) is 85.3 Å². The molecule has 7 heteroatoms. The van der Waals surface area contributed by atoms with E-state index in [1.807, 2.05) is 30.3 Å². The van der Waals surface area contributed by atoms with Crippen LogP contribution in [-0.4, -0.2) is 27.2 Å². The maximum atomic E-state index is 12.8. The summed E-state index contributed by atoms with van der Waals surface area (Å²) in [6, 6.07) is 11.2. The minimum atomic E-state index is -0.276. The normalized spacial score (nSPS) is 14.4. The summed E-state index contributed by atoms with van der Waals surface area (Å²) in [6.45, 7) is 0. The molecule has 0 radical (unpaired) electrons. The first kappa shape index (κ1) is 13.7. The summed E-state index contributed by atoms with van der Waals surface area (Å²) in [5, 5.41) is 7.70. The summed E-state index contributed by atoms with van der Waals surface area (Å²) in [6.07, 6.45) is 4.14. The number of amides is 1. The number of aromatic nitrogens is 3. The molecular weight excluding hydrogens is 296 g/mol. The molecule has 2 heterocycles. The number of nitrogens with zero attached hydrogens (tertiary/aromatic N) is 4. The van der Waals surface area contributed by atoms with Crippen LogP contribution in [0.4, 0.5) is 5.95 Å². The molecule has 3 aromatic rings. The van der Waals surface area contributed by atoms with E-state index < -0.39 is 0 Å². The molecule has 0 atom stereocenters. The van der Waals surface area contributed by atoms with E-state index in [4.69, 9.17) is 9.05 Å². The summed E-state index contributed by atoms with van der Waals surface area (Å²) < 4.78 is 10.1. The SMILES string of the molecule is O=C(c1cc(-c2ccccc2)on1)N(c1ncon1)C1CCC1. The van der Waals surface area contributed by atoms with Gasteiger partial charge in [0.15, 0.2) is 11.5 Å². The maximum Gasteiger partial charge on any atom is 0.283 e. The zero-order chi connectivity index (χ0) is 15.6. The molecule has 1 aliphatic carbocycles. The molecule has 116 valence electrons. The minimum absolute atomic E-state index is 0.0805. The van der Waals surface area contributed by atoms with Gasteiger partial charge in [-0.3, -0.25) is 9.69 Å². The Balaban J connectivity index is 1.64. The highest BCUT2D eigenvalue weighted by atomic mass is 16.5. The summed E-state index contributed by atoms with van der Waals surface area (Å²) in [5.41, 5.74) is 1.11. The number of hydrogen-bond acceptors (Lipinski definition) is 6. The maximum absolute atomic E-state index is 12.8. The zero-order valence-electron chi connectivity index (χ0n) is 12.3. The fourth-order valence-corrected chi connectivity index (χ4v) is 2.57. The van der Waals surface area contributed by atoms with E-state index in [0.29, 0.717) is 5.76 Å². The van der Waals surface area contributed by atoms with Crippen molar-refractivity contribution in [2.75, 3.05) is 4.90 Å². The van der Waals surface area contributed by atoms with Crippen molar-refractivity contribution in [3.8, 4) is 11.3 Å². The van der Waals surface area contributed by atoms with Crippen molar-refractivity contribution in [1.29, 1.82) is 0 Å². The van der Waals surface area contributed by atoms with Gasteiger partial charge in [0.1, 0.15) is 0 Å². The van der Waals surface area contributed by atoms with Crippen molar-refractivity contribution in [1.82, 2.24) is 15.3 Å². The third-order valence-electron chi connectivity index (χ3n) is 4.01. The smallest absolute Gasteiger partial charge is 0.283 e. The predicted octanol–water partition coefficient (Wildman–Crippen LogP) is 2.92. The van der Waals surface area contributed by atoms with Crippen molar-refractivity contribution in [3.05, 3.63) is 48.5 Å². The van der Waals surface area contributed by atoms with Crippen LogP contribution in [0.2, 0.25) is 0 Å². The van der Waals surface area contributed by atoms with Crippen LogP contribution in [0.5, 0.6) is 0 Å². The van der Waals surface area contributed by atoms with Gasteiger partial charge in [0.2, 0.25) is 6.39 Å². The van der Waals surface area contributed by atoms with Crippen LogP contribution in [0, 0.1) is 0 Å².